The fourth-order valence-electron chi connectivity index (χ4n) is 2.69. The van der Waals surface area contributed by atoms with Crippen LogP contribution in [0.3, 0.4) is 0 Å². The summed E-state index contributed by atoms with van der Waals surface area (Å²) in [6, 6.07) is 7.87. The Morgan fingerprint density at radius 1 is 1.20 bits per heavy atom. The van der Waals surface area contributed by atoms with Crippen LogP contribution in [0.2, 0.25) is 0 Å². The lowest BCUT2D eigenvalue weighted by molar-refractivity contribution is -0.156. The molecule has 2 atom stereocenters. The number of ether oxygens (including phenoxy) is 1. The van der Waals surface area contributed by atoms with Crippen LogP contribution in [-0.4, -0.2) is 66.0 Å². The number of hydroxylamine groups is 2. The maximum Gasteiger partial charge on any atom is 0.329 e. The first-order valence-electron chi connectivity index (χ1n) is 9.90. The third-order valence-corrected chi connectivity index (χ3v) is 4.51. The number of carbonyl (C=O) groups is 4. The monoisotopic (exact) mass is 421 g/mol. The molecule has 1 aromatic carbocycles. The molecular formula is C21H31N3O6. The van der Waals surface area contributed by atoms with Gasteiger partial charge in [0.25, 0.3) is 0 Å². The van der Waals surface area contributed by atoms with Crippen molar-refractivity contribution in [2.24, 2.45) is 5.92 Å². The van der Waals surface area contributed by atoms with E-state index in [1.165, 1.54) is 4.90 Å². The summed E-state index contributed by atoms with van der Waals surface area (Å²) in [5.41, 5.74) is 0.776. The van der Waals surface area contributed by atoms with E-state index in [4.69, 9.17) is 4.74 Å². The van der Waals surface area contributed by atoms with E-state index in [1.807, 2.05) is 25.1 Å². The van der Waals surface area contributed by atoms with Gasteiger partial charge in [-0.05, 0) is 12.0 Å². The minimum Gasteiger partial charge on any atom is -0.459 e. The number of nitrogens with zero attached hydrogens (tertiary/aromatic N) is 2. The first-order valence-corrected chi connectivity index (χ1v) is 9.90. The molecule has 1 rings (SSSR count). The molecule has 0 radical (unpaired) electrons. The maximum absolute atomic E-state index is 12.7. The predicted octanol–water partition coefficient (Wildman–Crippen LogP) is 1.35. The van der Waals surface area contributed by atoms with Crippen molar-refractivity contribution in [3.05, 3.63) is 35.9 Å². The van der Waals surface area contributed by atoms with Crippen LogP contribution in [-0.2, 0) is 30.5 Å². The van der Waals surface area contributed by atoms with Gasteiger partial charge in [-0.25, -0.2) is 9.86 Å². The van der Waals surface area contributed by atoms with Crippen LogP contribution >= 0.6 is 0 Å². The summed E-state index contributed by atoms with van der Waals surface area (Å²) >= 11 is 0. The highest BCUT2D eigenvalue weighted by molar-refractivity contribution is 5.90. The Hall–Kier alpha value is -2.94. The highest BCUT2D eigenvalue weighted by atomic mass is 16.5. The third-order valence-electron chi connectivity index (χ3n) is 4.51. The zero-order valence-electron chi connectivity index (χ0n) is 17.7. The molecule has 2 unspecified atom stereocenters. The molecule has 0 aliphatic rings. The van der Waals surface area contributed by atoms with Gasteiger partial charge in [0.15, 0.2) is 0 Å². The zero-order chi connectivity index (χ0) is 22.5. The third kappa shape index (κ3) is 9.04. The molecule has 3 amide bonds. The van der Waals surface area contributed by atoms with Gasteiger partial charge in [0.05, 0.1) is 18.9 Å². The summed E-state index contributed by atoms with van der Waals surface area (Å²) < 4.78 is 5.29. The Bertz CT molecular complexity index is 695. The Morgan fingerprint density at radius 3 is 2.43 bits per heavy atom. The van der Waals surface area contributed by atoms with Crippen LogP contribution in [0.1, 0.15) is 38.2 Å². The van der Waals surface area contributed by atoms with Crippen LogP contribution in [0, 0.1) is 5.92 Å². The molecule has 166 valence electrons. The number of hydrogen-bond acceptors (Lipinski definition) is 6. The molecule has 9 nitrogen and oxygen atoms in total. The summed E-state index contributed by atoms with van der Waals surface area (Å²) in [7, 11) is 3.10. The van der Waals surface area contributed by atoms with Gasteiger partial charge < -0.3 is 15.0 Å². The molecule has 0 saturated heterocycles. The number of amides is 3. The van der Waals surface area contributed by atoms with E-state index in [1.54, 1.807) is 26.2 Å². The minimum atomic E-state index is -1.18. The van der Waals surface area contributed by atoms with Crippen molar-refractivity contribution in [3.63, 3.8) is 0 Å². The highest BCUT2D eigenvalue weighted by Crippen LogP contribution is 2.12. The smallest absolute Gasteiger partial charge is 0.329 e. The van der Waals surface area contributed by atoms with Gasteiger partial charge in [0, 0.05) is 14.1 Å². The van der Waals surface area contributed by atoms with Crippen molar-refractivity contribution in [3.8, 4) is 0 Å². The molecule has 30 heavy (non-hydrogen) atoms. The van der Waals surface area contributed by atoms with E-state index in [0.717, 1.165) is 12.0 Å². The van der Waals surface area contributed by atoms with Gasteiger partial charge in [-0.15, -0.1) is 0 Å². The van der Waals surface area contributed by atoms with Crippen LogP contribution in [0.4, 0.5) is 0 Å². The van der Waals surface area contributed by atoms with E-state index in [9.17, 15) is 24.4 Å². The molecule has 1 aromatic rings. The van der Waals surface area contributed by atoms with Crippen LogP contribution < -0.4 is 5.32 Å². The molecule has 0 heterocycles. The quantitative estimate of drug-likeness (QED) is 0.215. The predicted molar refractivity (Wildman–Crippen MR) is 109 cm³/mol. The van der Waals surface area contributed by atoms with Crippen molar-refractivity contribution < 1.29 is 29.1 Å². The average Bonchev–Trinajstić information content (AvgIpc) is 2.74. The fraction of sp³-hybridized carbons (Fsp3) is 0.524. The lowest BCUT2D eigenvalue weighted by Gasteiger charge is -2.24. The molecule has 0 bridgehead atoms. The summed E-state index contributed by atoms with van der Waals surface area (Å²) in [4.78, 5) is 49.5. The van der Waals surface area contributed by atoms with Crippen LogP contribution in [0.15, 0.2) is 30.3 Å². The lowest BCUT2D eigenvalue weighted by Crippen LogP contribution is -2.48. The SMILES string of the molecule is CCCCC(CN(O)C=O)C(=O)NC(CC(=O)N(C)C)C(=O)OCc1ccccc1. The summed E-state index contributed by atoms with van der Waals surface area (Å²) in [5.74, 6) is -2.33. The fourth-order valence-corrected chi connectivity index (χ4v) is 2.69. The molecule has 0 saturated carbocycles. The lowest BCUT2D eigenvalue weighted by atomic mass is 10.00. The van der Waals surface area contributed by atoms with Gasteiger partial charge in [-0.3, -0.25) is 19.6 Å². The number of unbranched alkanes of at least 4 members (excludes halogenated alkanes) is 1. The summed E-state index contributed by atoms with van der Waals surface area (Å²) in [6.07, 6.45) is 1.89. The molecular weight excluding hydrogens is 390 g/mol. The van der Waals surface area contributed by atoms with E-state index < -0.39 is 23.8 Å². The second kappa shape index (κ2) is 13.3. The summed E-state index contributed by atoms with van der Waals surface area (Å²) in [5, 5.41) is 12.4. The van der Waals surface area contributed by atoms with Crippen LogP contribution in [0.25, 0.3) is 0 Å². The van der Waals surface area contributed by atoms with E-state index in [-0.39, 0.29) is 31.9 Å². The first kappa shape index (κ1) is 25.1. The Morgan fingerprint density at radius 2 is 1.87 bits per heavy atom. The van der Waals surface area contributed by atoms with Crippen molar-refractivity contribution in [1.82, 2.24) is 15.3 Å². The number of esters is 1. The van der Waals surface area contributed by atoms with Gasteiger partial charge in [-0.2, -0.15) is 0 Å². The normalized spacial score (nSPS) is 12.4. The number of carbonyl (C=O) groups excluding carboxylic acids is 4. The number of rotatable bonds is 13. The average molecular weight is 421 g/mol. The van der Waals surface area contributed by atoms with E-state index in [2.05, 4.69) is 5.32 Å². The van der Waals surface area contributed by atoms with Crippen molar-refractivity contribution in [2.45, 2.75) is 45.3 Å². The Kier molecular flexibility index (Phi) is 11.1. The Labute approximate surface area is 176 Å². The van der Waals surface area contributed by atoms with Gasteiger partial charge in [-0.1, -0.05) is 50.1 Å². The molecule has 0 fully saturated rings. The number of nitrogens with one attached hydrogen (secondary N) is 1. The maximum atomic E-state index is 12.7. The van der Waals surface area contributed by atoms with Gasteiger partial charge >= 0.3 is 5.97 Å². The summed E-state index contributed by atoms with van der Waals surface area (Å²) in [6.45, 7) is 1.75. The zero-order valence-corrected chi connectivity index (χ0v) is 17.7. The van der Waals surface area contributed by atoms with Gasteiger partial charge in [0.2, 0.25) is 18.2 Å². The number of hydrogen-bond donors (Lipinski definition) is 2. The second-order valence-corrected chi connectivity index (χ2v) is 7.21. The van der Waals surface area contributed by atoms with Crippen molar-refractivity contribution >= 4 is 24.2 Å². The molecule has 9 heteroatoms. The molecule has 2 N–H and O–H groups in total. The van der Waals surface area contributed by atoms with Crippen molar-refractivity contribution in [2.75, 3.05) is 20.6 Å². The Balaban J connectivity index is 2.87. The molecule has 0 aromatic heterocycles. The largest absolute Gasteiger partial charge is 0.459 e. The first-order chi connectivity index (χ1) is 14.3. The standard InChI is InChI=1S/C21H31N3O6/c1-4-5-11-17(13-24(29)15-25)20(27)22-18(12-19(26)23(2)3)21(28)30-14-16-9-7-6-8-10-16/h6-10,15,17-18,29H,4-5,11-14H2,1-3H3,(H,22,27). The second-order valence-electron chi connectivity index (χ2n) is 7.21. The molecule has 0 spiro atoms. The molecule has 0 aliphatic heterocycles. The topological polar surface area (TPSA) is 116 Å². The number of benzene rings is 1. The van der Waals surface area contributed by atoms with E-state index >= 15 is 0 Å². The minimum absolute atomic E-state index is 0.0109. The van der Waals surface area contributed by atoms with E-state index in [0.29, 0.717) is 17.9 Å². The van der Waals surface area contributed by atoms with Crippen molar-refractivity contribution in [1.29, 1.82) is 0 Å². The van der Waals surface area contributed by atoms with Crippen LogP contribution in [0.5, 0.6) is 0 Å². The highest BCUT2D eigenvalue weighted by Gasteiger charge is 2.29. The van der Waals surface area contributed by atoms with Gasteiger partial charge in [0.1, 0.15) is 12.6 Å². The molecule has 0 aliphatic carbocycles.